The summed E-state index contributed by atoms with van der Waals surface area (Å²) in [7, 11) is 0. The molecule has 0 fully saturated rings. The molecule has 0 bridgehead atoms. The first-order valence-electron chi connectivity index (χ1n) is 5.68. The van der Waals surface area contributed by atoms with Gasteiger partial charge in [-0.15, -0.1) is 0 Å². The van der Waals surface area contributed by atoms with Crippen molar-refractivity contribution in [2.75, 3.05) is 13.1 Å². The molecule has 15 heavy (non-hydrogen) atoms. The van der Waals surface area contributed by atoms with Gasteiger partial charge in [-0.3, -0.25) is 4.90 Å². The first-order chi connectivity index (χ1) is 7.02. The van der Waals surface area contributed by atoms with Crippen LogP contribution >= 0.6 is 0 Å². The van der Waals surface area contributed by atoms with Crippen LogP contribution in [0.15, 0.2) is 12.2 Å². The first kappa shape index (κ1) is 14.2. The third-order valence-corrected chi connectivity index (χ3v) is 2.71. The molecule has 0 aliphatic rings. The van der Waals surface area contributed by atoms with E-state index in [2.05, 4.69) is 32.3 Å². The van der Waals surface area contributed by atoms with Crippen LogP contribution in [0.5, 0.6) is 0 Å². The van der Waals surface area contributed by atoms with Crippen molar-refractivity contribution in [3.05, 3.63) is 12.2 Å². The summed E-state index contributed by atoms with van der Waals surface area (Å²) in [5.74, 6) is -0.889. The second-order valence-corrected chi connectivity index (χ2v) is 3.99. The van der Waals surface area contributed by atoms with E-state index >= 15 is 0 Å². The molecule has 0 heterocycles. The monoisotopic (exact) mass is 213 g/mol. The molecule has 0 amide bonds. The lowest BCUT2D eigenvalue weighted by Crippen LogP contribution is -2.36. The average molecular weight is 213 g/mol. The fourth-order valence-corrected chi connectivity index (χ4v) is 1.39. The minimum Gasteiger partial charge on any atom is -0.478 e. The molecule has 0 aromatic carbocycles. The van der Waals surface area contributed by atoms with Crippen LogP contribution in [0.2, 0.25) is 0 Å². The Labute approximate surface area is 92.8 Å². The van der Waals surface area contributed by atoms with E-state index in [1.165, 1.54) is 0 Å². The molecule has 3 heteroatoms. The molecule has 0 radical (unpaired) electrons. The van der Waals surface area contributed by atoms with Gasteiger partial charge < -0.3 is 5.11 Å². The molecule has 0 rings (SSSR count). The molecule has 88 valence electrons. The number of rotatable bonds is 8. The Morgan fingerprint density at radius 3 is 2.47 bits per heavy atom. The third-order valence-electron chi connectivity index (χ3n) is 2.71. The summed E-state index contributed by atoms with van der Waals surface area (Å²) in [5, 5.41) is 8.78. The molecule has 1 N–H and O–H groups in total. The molecule has 0 saturated carbocycles. The lowest BCUT2D eigenvalue weighted by Gasteiger charge is -2.28. The summed E-state index contributed by atoms with van der Waals surface area (Å²) in [6.45, 7) is 11.4. The Morgan fingerprint density at radius 2 is 2.07 bits per heavy atom. The van der Waals surface area contributed by atoms with Crippen molar-refractivity contribution in [2.45, 2.75) is 46.1 Å². The predicted octanol–water partition coefficient (Wildman–Crippen LogP) is 2.53. The molecule has 0 spiro atoms. The highest BCUT2D eigenvalue weighted by molar-refractivity contribution is 5.86. The van der Waals surface area contributed by atoms with Gasteiger partial charge in [-0.1, -0.05) is 26.8 Å². The van der Waals surface area contributed by atoms with Crippen molar-refractivity contribution in [1.82, 2.24) is 4.90 Å². The number of aliphatic carboxylic acids is 1. The molecular formula is C12H23NO2. The lowest BCUT2D eigenvalue weighted by atomic mass is 10.1. The van der Waals surface area contributed by atoms with Crippen molar-refractivity contribution in [1.29, 1.82) is 0 Å². The van der Waals surface area contributed by atoms with Crippen LogP contribution in [0.1, 0.15) is 40.0 Å². The van der Waals surface area contributed by atoms with Crippen LogP contribution < -0.4 is 0 Å². The Morgan fingerprint density at radius 1 is 1.47 bits per heavy atom. The normalized spacial score (nSPS) is 12.8. The summed E-state index contributed by atoms with van der Waals surface area (Å²) in [5.41, 5.74) is 0.284. The Kier molecular flexibility index (Phi) is 7.05. The van der Waals surface area contributed by atoms with Gasteiger partial charge >= 0.3 is 5.97 Å². The van der Waals surface area contributed by atoms with Crippen molar-refractivity contribution in [3.8, 4) is 0 Å². The maximum absolute atomic E-state index is 10.7. The zero-order valence-corrected chi connectivity index (χ0v) is 10.1. The van der Waals surface area contributed by atoms with E-state index in [-0.39, 0.29) is 5.57 Å². The van der Waals surface area contributed by atoms with Gasteiger partial charge in [0.2, 0.25) is 0 Å². The summed E-state index contributed by atoms with van der Waals surface area (Å²) >= 11 is 0. The molecular weight excluding hydrogens is 190 g/mol. The highest BCUT2D eigenvalue weighted by atomic mass is 16.4. The molecule has 0 aliphatic carbocycles. The number of unbranched alkanes of at least 4 members (excludes halogenated alkanes) is 1. The van der Waals surface area contributed by atoms with Gasteiger partial charge in [0, 0.05) is 18.2 Å². The minimum absolute atomic E-state index is 0.284. The van der Waals surface area contributed by atoms with Crippen molar-refractivity contribution >= 4 is 5.97 Å². The maximum atomic E-state index is 10.7. The lowest BCUT2D eigenvalue weighted by molar-refractivity contribution is -0.132. The molecule has 3 nitrogen and oxygen atoms in total. The minimum atomic E-state index is -0.889. The fraction of sp³-hybridized carbons (Fsp3) is 0.750. The van der Waals surface area contributed by atoms with Crippen molar-refractivity contribution in [3.63, 3.8) is 0 Å². The molecule has 0 saturated heterocycles. The van der Waals surface area contributed by atoms with Crippen LogP contribution in [-0.4, -0.2) is 35.1 Å². The third kappa shape index (κ3) is 5.57. The van der Waals surface area contributed by atoms with Gasteiger partial charge in [0.1, 0.15) is 0 Å². The van der Waals surface area contributed by atoms with Crippen molar-refractivity contribution in [2.24, 2.45) is 0 Å². The SMILES string of the molecule is C=C(CN(CCCC)C(C)CC)C(=O)O. The highest BCUT2D eigenvalue weighted by Gasteiger charge is 2.15. The smallest absolute Gasteiger partial charge is 0.332 e. The molecule has 0 aromatic rings. The first-order valence-corrected chi connectivity index (χ1v) is 5.68. The van der Waals surface area contributed by atoms with Crippen LogP contribution in [0.4, 0.5) is 0 Å². The Hall–Kier alpha value is -0.830. The number of hydrogen-bond acceptors (Lipinski definition) is 2. The van der Waals surface area contributed by atoms with E-state index in [0.717, 1.165) is 25.8 Å². The van der Waals surface area contributed by atoms with Crippen molar-refractivity contribution < 1.29 is 9.90 Å². The number of carboxylic acids is 1. The molecule has 0 aromatic heterocycles. The van der Waals surface area contributed by atoms with Gasteiger partial charge in [-0.05, 0) is 26.3 Å². The van der Waals surface area contributed by atoms with Gasteiger partial charge in [0.25, 0.3) is 0 Å². The summed E-state index contributed by atoms with van der Waals surface area (Å²) in [6.07, 6.45) is 3.28. The van der Waals surface area contributed by atoms with E-state index in [1.807, 2.05) is 0 Å². The standard InChI is InChI=1S/C12H23NO2/c1-5-7-8-13(11(4)6-2)9-10(3)12(14)15/h11H,3,5-9H2,1-2,4H3,(H,14,15). The molecule has 1 unspecified atom stereocenters. The second kappa shape index (κ2) is 7.46. The average Bonchev–Trinajstić information content (AvgIpc) is 2.22. The van der Waals surface area contributed by atoms with Crippen LogP contribution in [0.25, 0.3) is 0 Å². The van der Waals surface area contributed by atoms with Gasteiger partial charge in [0.05, 0.1) is 0 Å². The van der Waals surface area contributed by atoms with E-state index in [4.69, 9.17) is 5.11 Å². The van der Waals surface area contributed by atoms with Crippen LogP contribution in [-0.2, 0) is 4.79 Å². The molecule has 1 atom stereocenters. The van der Waals surface area contributed by atoms with E-state index in [9.17, 15) is 4.79 Å². The number of carboxylic acid groups (broad SMARTS) is 1. The quantitative estimate of drug-likeness (QED) is 0.630. The summed E-state index contributed by atoms with van der Waals surface area (Å²) < 4.78 is 0. The zero-order chi connectivity index (χ0) is 11.8. The fourth-order valence-electron chi connectivity index (χ4n) is 1.39. The topological polar surface area (TPSA) is 40.5 Å². The number of carbonyl (C=O) groups is 1. The van der Waals surface area contributed by atoms with E-state index in [1.54, 1.807) is 0 Å². The summed E-state index contributed by atoms with van der Waals surface area (Å²) in [6, 6.07) is 0.424. The highest BCUT2D eigenvalue weighted by Crippen LogP contribution is 2.08. The Bertz CT molecular complexity index is 214. The van der Waals surface area contributed by atoms with Crippen LogP contribution in [0, 0.1) is 0 Å². The molecule has 0 aliphatic heterocycles. The van der Waals surface area contributed by atoms with Crippen LogP contribution in [0.3, 0.4) is 0 Å². The van der Waals surface area contributed by atoms with E-state index in [0.29, 0.717) is 12.6 Å². The number of hydrogen-bond donors (Lipinski definition) is 1. The van der Waals surface area contributed by atoms with Gasteiger partial charge in [-0.25, -0.2) is 4.79 Å². The predicted molar refractivity (Wildman–Crippen MR) is 63.0 cm³/mol. The zero-order valence-electron chi connectivity index (χ0n) is 10.1. The van der Waals surface area contributed by atoms with Gasteiger partial charge in [0.15, 0.2) is 0 Å². The largest absolute Gasteiger partial charge is 0.478 e. The van der Waals surface area contributed by atoms with Gasteiger partial charge in [-0.2, -0.15) is 0 Å². The van der Waals surface area contributed by atoms with E-state index < -0.39 is 5.97 Å². The summed E-state index contributed by atoms with van der Waals surface area (Å²) in [4.78, 5) is 12.9. The second-order valence-electron chi connectivity index (χ2n) is 3.99. The maximum Gasteiger partial charge on any atom is 0.332 e. The Balaban J connectivity index is 4.23. The number of nitrogens with zero attached hydrogens (tertiary/aromatic N) is 1.